The van der Waals surface area contributed by atoms with Crippen molar-refractivity contribution in [1.82, 2.24) is 9.38 Å². The monoisotopic (exact) mass is 294 g/mol. The molecule has 1 fully saturated rings. The molecule has 1 N–H and O–H groups in total. The highest BCUT2D eigenvalue weighted by Crippen LogP contribution is 2.34. The summed E-state index contributed by atoms with van der Waals surface area (Å²) in [4.78, 5) is 16.0. The van der Waals surface area contributed by atoms with E-state index in [9.17, 15) is 10.1 Å². The van der Waals surface area contributed by atoms with Crippen molar-refractivity contribution in [3.05, 3.63) is 21.7 Å². The van der Waals surface area contributed by atoms with Crippen LogP contribution in [0.3, 0.4) is 0 Å². The molecule has 3 rings (SSSR count). The molecule has 2 aromatic heterocycles. The van der Waals surface area contributed by atoms with Gasteiger partial charge in [-0.25, -0.2) is 0 Å². The lowest BCUT2D eigenvalue weighted by atomic mass is 9.80. The van der Waals surface area contributed by atoms with E-state index in [1.54, 1.807) is 10.6 Å². The Kier molecular flexibility index (Phi) is 3.37. The van der Waals surface area contributed by atoms with E-state index < -0.39 is 0 Å². The van der Waals surface area contributed by atoms with Crippen molar-refractivity contribution in [2.45, 2.75) is 39.2 Å². The van der Waals surface area contributed by atoms with Crippen LogP contribution in [0.25, 0.3) is 4.96 Å². The van der Waals surface area contributed by atoms with E-state index in [1.807, 2.05) is 5.38 Å². The van der Waals surface area contributed by atoms with Gasteiger partial charge in [0.1, 0.15) is 6.20 Å². The fraction of sp³-hybridized carbons (Fsp3) is 0.615. The molecule has 0 aromatic carbocycles. The fourth-order valence-electron chi connectivity index (χ4n) is 3.10. The minimum Gasteiger partial charge on any atom is -0.360 e. The van der Waals surface area contributed by atoms with Crippen LogP contribution in [0.2, 0.25) is 0 Å². The molecule has 2 heterocycles. The van der Waals surface area contributed by atoms with Crippen LogP contribution in [0.5, 0.6) is 0 Å². The van der Waals surface area contributed by atoms with Gasteiger partial charge in [0.2, 0.25) is 5.82 Å². The molecule has 2 aromatic rings. The van der Waals surface area contributed by atoms with Crippen molar-refractivity contribution >= 4 is 27.9 Å². The van der Waals surface area contributed by atoms with E-state index in [4.69, 9.17) is 0 Å². The van der Waals surface area contributed by atoms with Crippen molar-refractivity contribution < 1.29 is 4.92 Å². The van der Waals surface area contributed by atoms with Crippen LogP contribution in [-0.4, -0.2) is 20.3 Å². The molecule has 0 amide bonds. The average molecular weight is 294 g/mol. The molecule has 3 atom stereocenters. The number of aromatic nitrogens is 2. The van der Waals surface area contributed by atoms with Crippen LogP contribution in [0.15, 0.2) is 11.6 Å². The Balaban J connectivity index is 1.88. The minimum absolute atomic E-state index is 0.0482. The summed E-state index contributed by atoms with van der Waals surface area (Å²) in [7, 11) is 0. The maximum Gasteiger partial charge on any atom is 0.372 e. The number of nitrogens with one attached hydrogen (secondary N) is 1. The third-order valence-electron chi connectivity index (χ3n) is 4.16. The normalized spacial score (nSPS) is 26.8. The first kappa shape index (κ1) is 13.4. The highest BCUT2D eigenvalue weighted by Gasteiger charge is 2.30. The topological polar surface area (TPSA) is 72.5 Å². The maximum atomic E-state index is 11.3. The summed E-state index contributed by atoms with van der Waals surface area (Å²) in [6.45, 7) is 4.47. The van der Waals surface area contributed by atoms with Crippen LogP contribution in [0.4, 0.5) is 11.6 Å². The molecular weight excluding hydrogens is 276 g/mol. The second-order valence-electron chi connectivity index (χ2n) is 5.74. The van der Waals surface area contributed by atoms with E-state index >= 15 is 0 Å². The third kappa shape index (κ3) is 2.26. The molecule has 6 nitrogen and oxygen atoms in total. The summed E-state index contributed by atoms with van der Waals surface area (Å²) in [6, 6.07) is 0.273. The summed E-state index contributed by atoms with van der Waals surface area (Å²) in [5.41, 5.74) is 0. The van der Waals surface area contributed by atoms with Gasteiger partial charge in [-0.3, -0.25) is 0 Å². The first-order chi connectivity index (χ1) is 9.56. The van der Waals surface area contributed by atoms with E-state index in [1.165, 1.54) is 11.3 Å². The summed E-state index contributed by atoms with van der Waals surface area (Å²) >= 11 is 1.41. The quantitative estimate of drug-likeness (QED) is 0.694. The molecule has 1 aliphatic carbocycles. The number of nitro groups is 1. The van der Waals surface area contributed by atoms with Crippen LogP contribution < -0.4 is 5.32 Å². The second-order valence-corrected chi connectivity index (χ2v) is 6.62. The lowest BCUT2D eigenvalue weighted by Gasteiger charge is -2.32. The maximum absolute atomic E-state index is 11.3. The number of rotatable bonds is 3. The lowest BCUT2D eigenvalue weighted by Crippen LogP contribution is -2.33. The molecule has 108 valence electrons. The molecule has 0 aliphatic heterocycles. The Morgan fingerprint density at radius 2 is 2.30 bits per heavy atom. The number of fused-ring (bicyclic) bond motifs is 1. The van der Waals surface area contributed by atoms with Gasteiger partial charge in [0.15, 0.2) is 0 Å². The SMILES string of the molecule is CC1CCC(Nc2nc3sccn3c2[N+](=O)[O-])C(C)C1. The predicted octanol–water partition coefficient (Wildman–Crippen LogP) is 3.54. The Morgan fingerprint density at radius 1 is 1.50 bits per heavy atom. The van der Waals surface area contributed by atoms with Gasteiger partial charge in [-0.2, -0.15) is 9.38 Å². The van der Waals surface area contributed by atoms with Gasteiger partial charge in [0.05, 0.1) is 0 Å². The first-order valence-electron chi connectivity index (χ1n) is 6.92. The highest BCUT2D eigenvalue weighted by molar-refractivity contribution is 7.15. The molecule has 20 heavy (non-hydrogen) atoms. The van der Waals surface area contributed by atoms with Crippen LogP contribution in [-0.2, 0) is 0 Å². The lowest BCUT2D eigenvalue weighted by molar-refractivity contribution is -0.389. The smallest absolute Gasteiger partial charge is 0.360 e. The summed E-state index contributed by atoms with van der Waals surface area (Å²) in [5, 5.41) is 16.4. The second kappa shape index (κ2) is 5.05. The predicted molar refractivity (Wildman–Crippen MR) is 79.3 cm³/mol. The average Bonchev–Trinajstić information content (AvgIpc) is 2.91. The Morgan fingerprint density at radius 3 is 3.00 bits per heavy atom. The van der Waals surface area contributed by atoms with Crippen molar-refractivity contribution in [3.8, 4) is 0 Å². The van der Waals surface area contributed by atoms with E-state index in [-0.39, 0.29) is 16.8 Å². The van der Waals surface area contributed by atoms with Gasteiger partial charge >= 0.3 is 5.82 Å². The molecule has 3 unspecified atom stereocenters. The van der Waals surface area contributed by atoms with Gasteiger partial charge in [0.25, 0.3) is 4.96 Å². The Hall–Kier alpha value is -1.63. The summed E-state index contributed by atoms with van der Waals surface area (Å²) < 4.78 is 1.54. The van der Waals surface area contributed by atoms with E-state index in [0.717, 1.165) is 25.2 Å². The third-order valence-corrected chi connectivity index (χ3v) is 4.92. The van der Waals surface area contributed by atoms with Crippen molar-refractivity contribution in [1.29, 1.82) is 0 Å². The zero-order chi connectivity index (χ0) is 14.3. The minimum atomic E-state index is -0.356. The Bertz CT molecular complexity index is 635. The van der Waals surface area contributed by atoms with Crippen molar-refractivity contribution in [2.24, 2.45) is 11.8 Å². The fourth-order valence-corrected chi connectivity index (χ4v) is 3.81. The van der Waals surface area contributed by atoms with Gasteiger partial charge < -0.3 is 15.4 Å². The molecule has 7 heteroatoms. The summed E-state index contributed by atoms with van der Waals surface area (Å²) in [6.07, 6.45) is 5.07. The van der Waals surface area contributed by atoms with Gasteiger partial charge in [-0.15, -0.1) is 0 Å². The largest absolute Gasteiger partial charge is 0.372 e. The molecule has 1 saturated carbocycles. The number of hydrogen-bond acceptors (Lipinski definition) is 5. The number of hydrogen-bond donors (Lipinski definition) is 1. The zero-order valence-corrected chi connectivity index (χ0v) is 12.4. The molecule has 0 radical (unpaired) electrons. The molecule has 0 spiro atoms. The number of anilines is 1. The highest BCUT2D eigenvalue weighted by atomic mass is 32.1. The first-order valence-corrected chi connectivity index (χ1v) is 7.80. The zero-order valence-electron chi connectivity index (χ0n) is 11.6. The number of nitrogens with zero attached hydrogens (tertiary/aromatic N) is 3. The number of thiazole rings is 1. The number of imidazole rings is 1. The van der Waals surface area contributed by atoms with Crippen LogP contribution in [0, 0.1) is 22.0 Å². The Labute approximate surface area is 121 Å². The summed E-state index contributed by atoms with van der Waals surface area (Å²) in [5.74, 6) is 1.71. The van der Waals surface area contributed by atoms with Gasteiger partial charge in [0, 0.05) is 11.4 Å². The van der Waals surface area contributed by atoms with Crippen LogP contribution in [0.1, 0.15) is 33.1 Å². The van der Waals surface area contributed by atoms with E-state index in [0.29, 0.717) is 16.7 Å². The molecular formula is C13H18N4O2S. The van der Waals surface area contributed by atoms with E-state index in [2.05, 4.69) is 24.1 Å². The van der Waals surface area contributed by atoms with Crippen molar-refractivity contribution in [2.75, 3.05) is 5.32 Å². The van der Waals surface area contributed by atoms with Crippen molar-refractivity contribution in [3.63, 3.8) is 0 Å². The van der Waals surface area contributed by atoms with Gasteiger partial charge in [-0.1, -0.05) is 25.2 Å². The van der Waals surface area contributed by atoms with Gasteiger partial charge in [-0.05, 0) is 36.0 Å². The molecule has 0 saturated heterocycles. The molecule has 0 bridgehead atoms. The standard InChI is InChI=1S/C13H18N4O2S/c1-8-3-4-10(9(2)7-8)14-11-12(17(18)19)16-5-6-20-13(16)15-11/h5-6,8-10,14H,3-4,7H2,1-2H3. The molecule has 1 aliphatic rings. The van der Waals surface area contributed by atoms with Crippen LogP contribution >= 0.6 is 11.3 Å².